The van der Waals surface area contributed by atoms with E-state index in [0.29, 0.717) is 6.42 Å². The summed E-state index contributed by atoms with van der Waals surface area (Å²) in [6.07, 6.45) is 3.37. The summed E-state index contributed by atoms with van der Waals surface area (Å²) in [5, 5.41) is 0.942. The smallest absolute Gasteiger partial charge is 0.123 e. The maximum Gasteiger partial charge on any atom is 0.123 e. The molecule has 1 atom stereocenters. The number of aldehydes is 2. The van der Waals surface area contributed by atoms with Crippen molar-refractivity contribution in [2.75, 3.05) is 0 Å². The zero-order valence-electron chi connectivity index (χ0n) is 20.7. The molecular formula is C29H45BrO2. The Bertz CT molecular complexity index is 748. The molecular weight excluding hydrogens is 460 g/mol. The second-order valence-corrected chi connectivity index (χ2v) is 10.5. The molecule has 2 nitrogen and oxygen atoms in total. The van der Waals surface area contributed by atoms with E-state index in [9.17, 15) is 9.59 Å². The summed E-state index contributed by atoms with van der Waals surface area (Å²) >= 11 is 3.43. The Morgan fingerprint density at radius 3 is 1.38 bits per heavy atom. The second kappa shape index (κ2) is 16.0. The number of benzene rings is 2. The zero-order valence-corrected chi connectivity index (χ0v) is 22.3. The van der Waals surface area contributed by atoms with Gasteiger partial charge in [-0.2, -0.15) is 0 Å². The lowest BCUT2D eigenvalue weighted by Crippen LogP contribution is -2.11. The summed E-state index contributed by atoms with van der Waals surface area (Å²) in [5.74, 6) is 0.116. The molecule has 0 saturated carbocycles. The van der Waals surface area contributed by atoms with Crippen LogP contribution in [0, 0.1) is 5.92 Å². The highest BCUT2D eigenvalue weighted by atomic mass is 79.9. The predicted molar refractivity (Wildman–Crippen MR) is 145 cm³/mol. The normalized spacial score (nSPS) is 11.5. The Morgan fingerprint density at radius 2 is 1.12 bits per heavy atom. The van der Waals surface area contributed by atoms with Gasteiger partial charge >= 0.3 is 0 Å². The molecule has 2 aromatic carbocycles. The molecule has 180 valence electrons. The van der Waals surface area contributed by atoms with Crippen LogP contribution in [0.4, 0.5) is 0 Å². The van der Waals surface area contributed by atoms with Crippen molar-refractivity contribution >= 4 is 28.5 Å². The highest BCUT2D eigenvalue weighted by Gasteiger charge is 2.13. The number of hydrogen-bond acceptors (Lipinski definition) is 2. The molecule has 0 amide bonds. The first-order chi connectivity index (χ1) is 14.4. The fraction of sp³-hybridized carbons (Fsp3) is 0.517. The van der Waals surface area contributed by atoms with Crippen LogP contribution in [0.3, 0.4) is 0 Å². The van der Waals surface area contributed by atoms with Gasteiger partial charge in [0.1, 0.15) is 12.6 Å². The first-order valence-corrected chi connectivity index (χ1v) is 12.1. The lowest BCUT2D eigenvalue weighted by molar-refractivity contribution is -0.110. The van der Waals surface area contributed by atoms with Gasteiger partial charge in [-0.3, -0.25) is 0 Å². The summed E-state index contributed by atoms with van der Waals surface area (Å²) in [6, 6.07) is 17.3. The molecule has 0 N–H and O–H groups in total. The van der Waals surface area contributed by atoms with Crippen LogP contribution < -0.4 is 0 Å². The van der Waals surface area contributed by atoms with Crippen LogP contribution >= 0.6 is 15.9 Å². The highest BCUT2D eigenvalue weighted by Crippen LogP contribution is 2.23. The van der Waals surface area contributed by atoms with E-state index >= 15 is 0 Å². The van der Waals surface area contributed by atoms with Crippen LogP contribution in [0.1, 0.15) is 91.5 Å². The Balaban J connectivity index is 0. The number of carbonyl (C=O) groups excluding carboxylic acids is 2. The monoisotopic (exact) mass is 504 g/mol. The molecule has 0 aliphatic carbocycles. The summed E-state index contributed by atoms with van der Waals surface area (Å²) in [7, 11) is 0. The lowest BCUT2D eigenvalue weighted by atomic mass is 9.86. The van der Waals surface area contributed by atoms with E-state index in [-0.39, 0.29) is 24.2 Å². The van der Waals surface area contributed by atoms with Gasteiger partial charge in [0.05, 0.1) is 0 Å². The van der Waals surface area contributed by atoms with Crippen molar-refractivity contribution in [3.8, 4) is 0 Å². The average molecular weight is 506 g/mol. The van der Waals surface area contributed by atoms with Crippen LogP contribution in [0.25, 0.3) is 0 Å². The van der Waals surface area contributed by atoms with E-state index in [4.69, 9.17) is 0 Å². The van der Waals surface area contributed by atoms with Crippen LogP contribution in [0.15, 0.2) is 48.5 Å². The average Bonchev–Trinajstić information content (AvgIpc) is 2.73. The van der Waals surface area contributed by atoms with E-state index in [0.717, 1.165) is 24.3 Å². The van der Waals surface area contributed by atoms with Gasteiger partial charge in [-0.05, 0) is 39.5 Å². The molecule has 32 heavy (non-hydrogen) atoms. The Morgan fingerprint density at radius 1 is 0.781 bits per heavy atom. The Labute approximate surface area is 206 Å². The number of alkyl halides is 1. The summed E-state index contributed by atoms with van der Waals surface area (Å²) in [6.45, 7) is 17.1. The molecule has 0 radical (unpaired) electrons. The van der Waals surface area contributed by atoms with Crippen molar-refractivity contribution in [3.05, 3.63) is 70.8 Å². The van der Waals surface area contributed by atoms with Crippen LogP contribution in [-0.4, -0.2) is 12.6 Å². The zero-order chi connectivity index (χ0) is 24.1. The van der Waals surface area contributed by atoms with Crippen molar-refractivity contribution in [1.29, 1.82) is 0 Å². The number of hydrogen-bond donors (Lipinski definition) is 0. The molecule has 0 heterocycles. The molecule has 2 aromatic rings. The molecule has 0 spiro atoms. The largest absolute Gasteiger partial charge is 0.303 e. The van der Waals surface area contributed by atoms with Crippen molar-refractivity contribution < 1.29 is 9.59 Å². The van der Waals surface area contributed by atoms with Crippen LogP contribution in [0.2, 0.25) is 0 Å². The molecule has 0 aliphatic rings. The van der Waals surface area contributed by atoms with Gasteiger partial charge in [0.2, 0.25) is 0 Å². The fourth-order valence-electron chi connectivity index (χ4n) is 2.65. The van der Waals surface area contributed by atoms with E-state index in [1.54, 1.807) is 0 Å². The number of rotatable bonds is 5. The van der Waals surface area contributed by atoms with Gasteiger partial charge in [-0.1, -0.05) is 127 Å². The third kappa shape index (κ3) is 13.6. The van der Waals surface area contributed by atoms with E-state index in [1.165, 1.54) is 22.3 Å². The summed E-state index contributed by atoms with van der Waals surface area (Å²) < 4.78 is 0. The van der Waals surface area contributed by atoms with E-state index in [1.807, 2.05) is 13.8 Å². The molecule has 0 aromatic heterocycles. The molecule has 0 bridgehead atoms. The van der Waals surface area contributed by atoms with Gasteiger partial charge in [0, 0.05) is 17.7 Å². The lowest BCUT2D eigenvalue weighted by Gasteiger charge is -2.19. The maximum atomic E-state index is 10.5. The van der Waals surface area contributed by atoms with Crippen LogP contribution in [-0.2, 0) is 32.2 Å². The van der Waals surface area contributed by atoms with Crippen LogP contribution in [0.5, 0.6) is 0 Å². The van der Waals surface area contributed by atoms with E-state index in [2.05, 4.69) is 106 Å². The second-order valence-electron chi connectivity index (χ2n) is 9.92. The molecule has 0 fully saturated rings. The first-order valence-electron chi connectivity index (χ1n) is 11.0. The van der Waals surface area contributed by atoms with Crippen molar-refractivity contribution in [1.82, 2.24) is 0 Å². The van der Waals surface area contributed by atoms with Crippen molar-refractivity contribution in [3.63, 3.8) is 0 Å². The molecule has 3 heteroatoms. The van der Waals surface area contributed by atoms with Crippen molar-refractivity contribution in [2.45, 2.75) is 91.8 Å². The molecule has 2 rings (SSSR count). The van der Waals surface area contributed by atoms with Gasteiger partial charge < -0.3 is 9.59 Å². The van der Waals surface area contributed by atoms with Gasteiger partial charge in [-0.15, -0.1) is 0 Å². The van der Waals surface area contributed by atoms with E-state index < -0.39 is 0 Å². The minimum absolute atomic E-state index is 0. The van der Waals surface area contributed by atoms with Gasteiger partial charge in [0.25, 0.3) is 0 Å². The topological polar surface area (TPSA) is 34.1 Å². The Kier molecular flexibility index (Phi) is 16.2. The maximum absolute atomic E-state index is 10.5. The Hall–Kier alpha value is -1.74. The van der Waals surface area contributed by atoms with Gasteiger partial charge in [0.15, 0.2) is 0 Å². The highest BCUT2D eigenvalue weighted by molar-refractivity contribution is 9.08. The van der Waals surface area contributed by atoms with Gasteiger partial charge in [-0.25, -0.2) is 0 Å². The standard InChI is InChI=1S/C14H20O.C11H15Br.C3H6O.CH4/c1-11(10-15)9-12-5-7-13(8-6-12)14(2,3)4;1-11(2,3)10-6-4-9(8-12)5-7-10;1-2-3-4;/h5-8,10-11H,9H2,1-4H3;4-7H,8H2,1-3H3;3H,2H2,1H3;1H4/t11-;;;/m1.../s1. The minimum atomic E-state index is 0. The summed E-state index contributed by atoms with van der Waals surface area (Å²) in [4.78, 5) is 19.7. The molecule has 0 unspecified atom stereocenters. The van der Waals surface area contributed by atoms with Crippen molar-refractivity contribution in [2.24, 2.45) is 5.92 Å². The first kappa shape index (κ1) is 32.4. The third-order valence-corrected chi connectivity index (χ3v) is 5.40. The quantitative estimate of drug-likeness (QED) is 0.302. The minimum Gasteiger partial charge on any atom is -0.303 e. The SMILES string of the molecule is C.CC(C)(C)c1ccc(CBr)cc1.CCC=O.C[C@@H](C=O)Cc1ccc(C(C)(C)C)cc1. The number of halogens is 1. The summed E-state index contributed by atoms with van der Waals surface area (Å²) in [5.41, 5.74) is 5.78. The third-order valence-electron chi connectivity index (χ3n) is 4.75. The predicted octanol–water partition coefficient (Wildman–Crippen LogP) is 8.47. The molecule has 0 saturated heterocycles. The molecule has 0 aliphatic heterocycles. The number of carbonyl (C=O) groups is 2. The fourth-order valence-corrected chi connectivity index (χ4v) is 3.03.